The highest BCUT2D eigenvalue weighted by Crippen LogP contribution is 2.11. The normalized spacial score (nSPS) is 11.0. The molecule has 1 aromatic carbocycles. The maximum atomic E-state index is 13.2. The topological polar surface area (TPSA) is 48.2 Å². The van der Waals surface area contributed by atoms with E-state index in [2.05, 4.69) is 10.3 Å². The number of nitrogens with one attached hydrogen (secondary N) is 1. The maximum absolute atomic E-state index is 13.2. The van der Waals surface area contributed by atoms with Crippen LogP contribution >= 0.6 is 11.8 Å². The summed E-state index contributed by atoms with van der Waals surface area (Å²) in [4.78, 5) is 3.98. The van der Waals surface area contributed by atoms with Crippen LogP contribution in [-0.2, 0) is 6.54 Å². The van der Waals surface area contributed by atoms with E-state index in [9.17, 15) is 8.78 Å². The van der Waals surface area contributed by atoms with Crippen LogP contribution in [0.3, 0.4) is 0 Å². The molecule has 1 rings (SSSR count). The molecule has 0 amide bonds. The molecule has 16 heavy (non-hydrogen) atoms. The number of nitrogens with zero attached hydrogens (tertiary/aromatic N) is 2. The van der Waals surface area contributed by atoms with Crippen molar-refractivity contribution < 1.29 is 8.78 Å². The number of amidine groups is 1. The van der Waals surface area contributed by atoms with Crippen LogP contribution in [0.5, 0.6) is 0 Å². The minimum atomic E-state index is -0.638. The Kier molecular flexibility index (Phi) is 4.73. The van der Waals surface area contributed by atoms with E-state index in [0.29, 0.717) is 5.17 Å². The van der Waals surface area contributed by atoms with E-state index in [0.717, 1.165) is 6.07 Å². The molecule has 84 valence electrons. The number of hydrogen-bond acceptors (Lipinski definition) is 3. The molecule has 3 nitrogen and oxygen atoms in total. The minimum absolute atomic E-state index is 0.0664. The summed E-state index contributed by atoms with van der Waals surface area (Å²) >= 11 is 1.24. The van der Waals surface area contributed by atoms with Gasteiger partial charge in [0.1, 0.15) is 11.6 Å². The molecular weight excluding hydrogens is 232 g/mol. The van der Waals surface area contributed by atoms with Crippen LogP contribution in [-0.4, -0.2) is 11.4 Å². The van der Waals surface area contributed by atoms with Crippen molar-refractivity contribution in [2.24, 2.45) is 4.99 Å². The largest absolute Gasteiger partial charge is 0.272 e. The molecule has 6 heteroatoms. The van der Waals surface area contributed by atoms with Crippen LogP contribution in [0.2, 0.25) is 0 Å². The van der Waals surface area contributed by atoms with Gasteiger partial charge in [0.05, 0.1) is 6.54 Å². The quantitative estimate of drug-likeness (QED) is 0.374. The summed E-state index contributed by atoms with van der Waals surface area (Å²) in [6.45, 7) is 0.0664. The van der Waals surface area contributed by atoms with Crippen molar-refractivity contribution in [1.29, 1.82) is 5.26 Å². The molecule has 0 saturated carbocycles. The van der Waals surface area contributed by atoms with Crippen LogP contribution in [0.15, 0.2) is 23.2 Å². The van der Waals surface area contributed by atoms with Crippen molar-refractivity contribution in [3.05, 3.63) is 35.4 Å². The highest BCUT2D eigenvalue weighted by atomic mass is 32.2. The summed E-state index contributed by atoms with van der Waals surface area (Å²) in [6.07, 6.45) is 3.46. The van der Waals surface area contributed by atoms with E-state index in [1.54, 1.807) is 12.4 Å². The SMILES string of the molecule is CSC(=NCc1ccc(F)cc1F)NC#N. The van der Waals surface area contributed by atoms with E-state index < -0.39 is 11.6 Å². The highest BCUT2D eigenvalue weighted by molar-refractivity contribution is 8.13. The number of hydrogen-bond donors (Lipinski definition) is 1. The van der Waals surface area contributed by atoms with Crippen LogP contribution in [0, 0.1) is 23.1 Å². The average Bonchev–Trinajstić information content (AvgIpc) is 2.26. The molecule has 0 unspecified atom stereocenters. The first-order valence-electron chi connectivity index (χ1n) is 4.35. The van der Waals surface area contributed by atoms with Gasteiger partial charge in [-0.15, -0.1) is 0 Å². The lowest BCUT2D eigenvalue weighted by atomic mass is 10.2. The number of halogens is 2. The van der Waals surface area contributed by atoms with Crippen molar-refractivity contribution in [3.63, 3.8) is 0 Å². The Morgan fingerprint density at radius 2 is 2.31 bits per heavy atom. The Balaban J connectivity index is 2.77. The Labute approximate surface area is 96.2 Å². The number of benzene rings is 1. The Morgan fingerprint density at radius 1 is 1.56 bits per heavy atom. The molecule has 0 heterocycles. The molecule has 0 bridgehead atoms. The van der Waals surface area contributed by atoms with Crippen molar-refractivity contribution in [1.82, 2.24) is 5.32 Å². The van der Waals surface area contributed by atoms with E-state index in [1.807, 2.05) is 0 Å². The molecule has 0 aliphatic rings. The second-order valence-electron chi connectivity index (χ2n) is 2.80. The first-order chi connectivity index (χ1) is 7.67. The van der Waals surface area contributed by atoms with Crippen LogP contribution < -0.4 is 5.32 Å². The zero-order valence-corrected chi connectivity index (χ0v) is 9.31. The lowest BCUT2D eigenvalue weighted by molar-refractivity contribution is 0.572. The lowest BCUT2D eigenvalue weighted by Gasteiger charge is -2.01. The third-order valence-corrected chi connectivity index (χ3v) is 2.38. The third-order valence-electron chi connectivity index (χ3n) is 1.76. The van der Waals surface area contributed by atoms with Gasteiger partial charge in [-0.1, -0.05) is 17.8 Å². The molecule has 0 radical (unpaired) electrons. The van der Waals surface area contributed by atoms with Gasteiger partial charge in [-0.05, 0) is 12.3 Å². The van der Waals surface area contributed by atoms with Crippen LogP contribution in [0.25, 0.3) is 0 Å². The van der Waals surface area contributed by atoms with Crippen molar-refractivity contribution in [2.75, 3.05) is 6.26 Å². The minimum Gasteiger partial charge on any atom is -0.272 e. The Hall–Kier alpha value is -1.61. The van der Waals surface area contributed by atoms with Gasteiger partial charge in [0.25, 0.3) is 0 Å². The molecule has 0 aliphatic carbocycles. The summed E-state index contributed by atoms with van der Waals surface area (Å²) in [5.41, 5.74) is 0.285. The molecular formula is C10H9F2N3S. The molecule has 1 aromatic rings. The summed E-state index contributed by atoms with van der Waals surface area (Å²) in [5.74, 6) is -1.26. The highest BCUT2D eigenvalue weighted by Gasteiger charge is 2.03. The van der Waals surface area contributed by atoms with Gasteiger partial charge in [-0.25, -0.2) is 8.78 Å². The fraction of sp³-hybridized carbons (Fsp3) is 0.200. The van der Waals surface area contributed by atoms with Gasteiger partial charge >= 0.3 is 0 Å². The molecule has 0 atom stereocenters. The number of thioether (sulfide) groups is 1. The second-order valence-corrected chi connectivity index (χ2v) is 3.59. The van der Waals surface area contributed by atoms with E-state index >= 15 is 0 Å². The fourth-order valence-electron chi connectivity index (χ4n) is 1.01. The number of rotatable bonds is 2. The van der Waals surface area contributed by atoms with Crippen molar-refractivity contribution in [2.45, 2.75) is 6.54 Å². The summed E-state index contributed by atoms with van der Waals surface area (Å²) in [5, 5.41) is 11.1. The zero-order valence-electron chi connectivity index (χ0n) is 8.50. The molecule has 1 N–H and O–H groups in total. The predicted molar refractivity (Wildman–Crippen MR) is 59.8 cm³/mol. The maximum Gasteiger partial charge on any atom is 0.183 e. The van der Waals surface area contributed by atoms with Crippen LogP contribution in [0.4, 0.5) is 8.78 Å². The second kappa shape index (κ2) is 6.08. The van der Waals surface area contributed by atoms with Crippen molar-refractivity contribution >= 4 is 16.9 Å². The third kappa shape index (κ3) is 3.51. The predicted octanol–water partition coefficient (Wildman–Crippen LogP) is 2.25. The fourth-order valence-corrected chi connectivity index (χ4v) is 1.35. The summed E-state index contributed by atoms with van der Waals surface area (Å²) in [7, 11) is 0. The smallest absolute Gasteiger partial charge is 0.183 e. The van der Waals surface area contributed by atoms with Crippen molar-refractivity contribution in [3.8, 4) is 6.19 Å². The van der Waals surface area contributed by atoms with Crippen LogP contribution in [0.1, 0.15) is 5.56 Å². The van der Waals surface area contributed by atoms with E-state index in [-0.39, 0.29) is 12.1 Å². The average molecular weight is 241 g/mol. The Morgan fingerprint density at radius 3 is 2.88 bits per heavy atom. The van der Waals surface area contributed by atoms with E-state index in [4.69, 9.17) is 5.26 Å². The molecule has 0 aliphatic heterocycles. The van der Waals surface area contributed by atoms with Gasteiger partial charge in [-0.2, -0.15) is 5.26 Å². The summed E-state index contributed by atoms with van der Waals surface area (Å²) < 4.78 is 25.8. The Bertz CT molecular complexity index is 440. The zero-order chi connectivity index (χ0) is 12.0. The van der Waals surface area contributed by atoms with Gasteiger partial charge in [0.2, 0.25) is 0 Å². The van der Waals surface area contributed by atoms with Gasteiger partial charge in [-0.3, -0.25) is 10.3 Å². The molecule has 0 aromatic heterocycles. The number of nitriles is 1. The molecule has 0 fully saturated rings. The summed E-state index contributed by atoms with van der Waals surface area (Å²) in [6, 6.07) is 3.31. The first kappa shape index (κ1) is 12.5. The molecule has 0 saturated heterocycles. The van der Waals surface area contributed by atoms with Gasteiger partial charge in [0, 0.05) is 11.6 Å². The van der Waals surface area contributed by atoms with E-state index in [1.165, 1.54) is 23.9 Å². The van der Waals surface area contributed by atoms with Gasteiger partial charge in [0.15, 0.2) is 11.4 Å². The van der Waals surface area contributed by atoms with Gasteiger partial charge < -0.3 is 0 Å². The monoisotopic (exact) mass is 241 g/mol. The lowest BCUT2D eigenvalue weighted by Crippen LogP contribution is -2.13. The first-order valence-corrected chi connectivity index (χ1v) is 5.57. The standard InChI is InChI=1S/C10H9F2N3S/c1-16-10(15-6-13)14-5-7-2-3-8(11)4-9(7)12/h2-4H,5H2,1H3,(H,14,15). The molecule has 0 spiro atoms. The number of aliphatic imine (C=N–C) groups is 1.